The van der Waals surface area contributed by atoms with Crippen LogP contribution in [0.15, 0.2) is 47.1 Å². The third-order valence-corrected chi connectivity index (χ3v) is 4.30. The van der Waals surface area contributed by atoms with Gasteiger partial charge < -0.3 is 15.2 Å². The van der Waals surface area contributed by atoms with Crippen molar-refractivity contribution in [1.29, 1.82) is 0 Å². The lowest BCUT2D eigenvalue weighted by Crippen LogP contribution is -2.43. The maximum atomic E-state index is 13.0. The lowest BCUT2D eigenvalue weighted by atomic mass is 10.1. The van der Waals surface area contributed by atoms with Gasteiger partial charge in [-0.25, -0.2) is 9.37 Å². The monoisotopic (exact) mass is 339 g/mol. The van der Waals surface area contributed by atoms with Gasteiger partial charge in [0.1, 0.15) is 11.6 Å². The van der Waals surface area contributed by atoms with Gasteiger partial charge in [-0.3, -0.25) is 0 Å². The van der Waals surface area contributed by atoms with E-state index in [0.29, 0.717) is 17.3 Å². The van der Waals surface area contributed by atoms with Crippen LogP contribution in [0.1, 0.15) is 12.8 Å². The molecule has 1 unspecified atom stereocenters. The molecular formula is C18H18FN5O. The van der Waals surface area contributed by atoms with Gasteiger partial charge in [0.05, 0.1) is 0 Å². The number of halogens is 1. The molecule has 1 aliphatic rings. The van der Waals surface area contributed by atoms with Crippen LogP contribution in [-0.2, 0) is 0 Å². The van der Waals surface area contributed by atoms with Crippen LogP contribution in [0.5, 0.6) is 0 Å². The average molecular weight is 339 g/mol. The third kappa shape index (κ3) is 3.36. The Hall–Kier alpha value is -2.80. The summed E-state index contributed by atoms with van der Waals surface area (Å²) in [5, 5.41) is 3.98. The Morgan fingerprint density at radius 1 is 1.16 bits per heavy atom. The summed E-state index contributed by atoms with van der Waals surface area (Å²) in [5.74, 6) is 1.39. The van der Waals surface area contributed by atoms with E-state index >= 15 is 0 Å². The molecule has 1 aliphatic heterocycles. The van der Waals surface area contributed by atoms with Crippen molar-refractivity contribution in [3.8, 4) is 22.8 Å². The first-order valence-corrected chi connectivity index (χ1v) is 8.25. The number of nitrogens with two attached hydrogens (primary N) is 1. The molecule has 3 aromatic rings. The average Bonchev–Trinajstić information content (AvgIpc) is 3.13. The van der Waals surface area contributed by atoms with E-state index < -0.39 is 0 Å². The molecule has 0 radical (unpaired) electrons. The molecule has 6 nitrogen and oxygen atoms in total. The summed E-state index contributed by atoms with van der Waals surface area (Å²) in [5.41, 5.74) is 7.55. The molecule has 0 saturated carbocycles. The Morgan fingerprint density at radius 3 is 2.80 bits per heavy atom. The van der Waals surface area contributed by atoms with Crippen molar-refractivity contribution in [3.05, 3.63) is 48.4 Å². The summed E-state index contributed by atoms with van der Waals surface area (Å²) < 4.78 is 18.4. The van der Waals surface area contributed by atoms with E-state index in [-0.39, 0.29) is 11.9 Å². The molecule has 7 heteroatoms. The predicted octanol–water partition coefficient (Wildman–Crippen LogP) is 2.87. The molecule has 0 bridgehead atoms. The molecule has 1 fully saturated rings. The van der Waals surface area contributed by atoms with E-state index in [0.717, 1.165) is 37.3 Å². The lowest BCUT2D eigenvalue weighted by Gasteiger charge is -2.31. The minimum Gasteiger partial charge on any atom is -0.355 e. The number of pyridine rings is 1. The fourth-order valence-corrected chi connectivity index (χ4v) is 3.00. The second-order valence-electron chi connectivity index (χ2n) is 6.18. The molecule has 4 rings (SSSR count). The summed E-state index contributed by atoms with van der Waals surface area (Å²) in [6.45, 7) is 1.73. The van der Waals surface area contributed by atoms with Crippen LogP contribution in [0.2, 0.25) is 0 Å². The Labute approximate surface area is 144 Å². The Bertz CT molecular complexity index is 864. The minimum atomic E-state index is -0.300. The third-order valence-electron chi connectivity index (χ3n) is 4.30. The number of piperidine rings is 1. The largest absolute Gasteiger partial charge is 0.355 e. The summed E-state index contributed by atoms with van der Waals surface area (Å²) >= 11 is 0. The van der Waals surface area contributed by atoms with Gasteiger partial charge in [-0.05, 0) is 49.2 Å². The number of anilines is 1. The molecule has 128 valence electrons. The lowest BCUT2D eigenvalue weighted by molar-refractivity contribution is 0.432. The van der Waals surface area contributed by atoms with E-state index in [9.17, 15) is 4.39 Å². The highest BCUT2D eigenvalue weighted by molar-refractivity contribution is 5.62. The first-order chi connectivity index (χ1) is 12.2. The van der Waals surface area contributed by atoms with Crippen molar-refractivity contribution in [3.63, 3.8) is 0 Å². The first kappa shape index (κ1) is 15.7. The molecule has 2 N–H and O–H groups in total. The Morgan fingerprint density at radius 2 is 2.00 bits per heavy atom. The maximum absolute atomic E-state index is 13.0. The molecule has 1 saturated heterocycles. The molecule has 1 atom stereocenters. The highest BCUT2D eigenvalue weighted by Gasteiger charge is 2.19. The van der Waals surface area contributed by atoms with Gasteiger partial charge in [0, 0.05) is 36.5 Å². The zero-order valence-electron chi connectivity index (χ0n) is 13.6. The van der Waals surface area contributed by atoms with Gasteiger partial charge in [-0.15, -0.1) is 0 Å². The molecule has 0 amide bonds. The number of benzene rings is 1. The van der Waals surface area contributed by atoms with Crippen molar-refractivity contribution >= 4 is 5.82 Å². The highest BCUT2D eigenvalue weighted by atomic mass is 19.1. The van der Waals surface area contributed by atoms with E-state index in [1.807, 2.05) is 12.1 Å². The van der Waals surface area contributed by atoms with Gasteiger partial charge in [0.15, 0.2) is 0 Å². The van der Waals surface area contributed by atoms with E-state index in [2.05, 4.69) is 20.0 Å². The normalized spacial score (nSPS) is 17.7. The van der Waals surface area contributed by atoms with Crippen molar-refractivity contribution in [2.45, 2.75) is 18.9 Å². The van der Waals surface area contributed by atoms with Gasteiger partial charge in [0.25, 0.3) is 5.89 Å². The summed E-state index contributed by atoms with van der Waals surface area (Å²) in [6, 6.07) is 9.92. The predicted molar refractivity (Wildman–Crippen MR) is 92.3 cm³/mol. The fraction of sp³-hybridized carbons (Fsp3) is 0.278. The zero-order chi connectivity index (χ0) is 17.2. The zero-order valence-corrected chi connectivity index (χ0v) is 13.6. The minimum absolute atomic E-state index is 0.174. The van der Waals surface area contributed by atoms with E-state index in [1.54, 1.807) is 18.3 Å². The van der Waals surface area contributed by atoms with Gasteiger partial charge in [-0.1, -0.05) is 5.16 Å². The van der Waals surface area contributed by atoms with Gasteiger partial charge in [-0.2, -0.15) is 4.98 Å². The van der Waals surface area contributed by atoms with Crippen LogP contribution in [0.4, 0.5) is 10.2 Å². The molecule has 0 spiro atoms. The van der Waals surface area contributed by atoms with Crippen molar-refractivity contribution in [2.75, 3.05) is 18.0 Å². The number of hydrogen-bond donors (Lipinski definition) is 1. The van der Waals surface area contributed by atoms with E-state index in [4.69, 9.17) is 10.3 Å². The van der Waals surface area contributed by atoms with Crippen LogP contribution in [-0.4, -0.2) is 34.3 Å². The van der Waals surface area contributed by atoms with Crippen LogP contribution in [0.3, 0.4) is 0 Å². The smallest absolute Gasteiger partial charge is 0.258 e. The topological polar surface area (TPSA) is 81.1 Å². The van der Waals surface area contributed by atoms with Crippen molar-refractivity contribution in [2.24, 2.45) is 5.73 Å². The van der Waals surface area contributed by atoms with E-state index in [1.165, 1.54) is 12.1 Å². The number of rotatable bonds is 3. The Kier molecular flexibility index (Phi) is 4.15. The summed E-state index contributed by atoms with van der Waals surface area (Å²) in [6.07, 6.45) is 3.83. The Balaban J connectivity index is 1.60. The molecule has 1 aromatic carbocycles. The van der Waals surface area contributed by atoms with Crippen LogP contribution in [0.25, 0.3) is 22.8 Å². The first-order valence-electron chi connectivity index (χ1n) is 8.25. The summed E-state index contributed by atoms with van der Waals surface area (Å²) in [7, 11) is 0. The van der Waals surface area contributed by atoms with Crippen LogP contribution < -0.4 is 10.6 Å². The quantitative estimate of drug-likeness (QED) is 0.790. The standard InChI is InChI=1S/C18H18FN5O/c19-14-5-3-12(4-6-14)17-22-18(25-23-17)13-7-8-21-16(10-13)24-9-1-2-15(20)11-24/h3-8,10,15H,1-2,9,11,20H2. The number of aromatic nitrogens is 3. The molecule has 2 aromatic heterocycles. The maximum Gasteiger partial charge on any atom is 0.258 e. The van der Waals surface area contributed by atoms with Gasteiger partial charge >= 0.3 is 0 Å². The summed E-state index contributed by atoms with van der Waals surface area (Å²) in [4.78, 5) is 11.0. The number of nitrogens with zero attached hydrogens (tertiary/aromatic N) is 4. The molecule has 25 heavy (non-hydrogen) atoms. The number of hydrogen-bond acceptors (Lipinski definition) is 6. The molecule has 3 heterocycles. The second-order valence-corrected chi connectivity index (χ2v) is 6.18. The van der Waals surface area contributed by atoms with Gasteiger partial charge in [0.2, 0.25) is 5.82 Å². The van der Waals surface area contributed by atoms with Crippen LogP contribution >= 0.6 is 0 Å². The van der Waals surface area contributed by atoms with Crippen LogP contribution in [0, 0.1) is 5.82 Å². The fourth-order valence-electron chi connectivity index (χ4n) is 3.00. The molecule has 0 aliphatic carbocycles. The SMILES string of the molecule is NC1CCCN(c2cc(-c3nc(-c4ccc(F)cc4)no3)ccn2)C1. The van der Waals surface area contributed by atoms with Crippen molar-refractivity contribution in [1.82, 2.24) is 15.1 Å². The van der Waals surface area contributed by atoms with Crippen molar-refractivity contribution < 1.29 is 8.91 Å². The second kappa shape index (κ2) is 6.60. The highest BCUT2D eigenvalue weighted by Crippen LogP contribution is 2.25. The molecular weight excluding hydrogens is 321 g/mol.